The van der Waals surface area contributed by atoms with Crippen LogP contribution in [0.2, 0.25) is 5.02 Å². The van der Waals surface area contributed by atoms with Gasteiger partial charge in [-0.15, -0.1) is 0 Å². The molecule has 9 heteroatoms. The number of benzene rings is 1. The van der Waals surface area contributed by atoms with Crippen molar-refractivity contribution in [3.05, 3.63) is 29.4 Å². The number of carbonyl (C=O) groups excluding carboxylic acids is 1. The normalized spacial score (nSPS) is 22.3. The Morgan fingerprint density at radius 3 is 2.59 bits per heavy atom. The second-order valence-electron chi connectivity index (χ2n) is 8.20. The third-order valence-corrected chi connectivity index (χ3v) is 7.90. The Hall–Kier alpha value is -1.61. The van der Waals surface area contributed by atoms with E-state index in [2.05, 4.69) is 28.5 Å². The lowest BCUT2D eigenvalue weighted by Gasteiger charge is -2.38. The Morgan fingerprint density at radius 2 is 1.90 bits per heavy atom. The second-order valence-corrected chi connectivity index (χ2v) is 10.3. The zero-order chi connectivity index (χ0) is 20.8. The lowest BCUT2D eigenvalue weighted by molar-refractivity contribution is -0.131. The minimum absolute atomic E-state index is 0.111. The van der Waals surface area contributed by atoms with Crippen LogP contribution in [0.4, 0.5) is 0 Å². The third-order valence-electron chi connectivity index (χ3n) is 6.12. The van der Waals surface area contributed by atoms with Gasteiger partial charge in [-0.3, -0.25) is 4.79 Å². The molecule has 2 aliphatic rings. The predicted molar refractivity (Wildman–Crippen MR) is 113 cm³/mol. The quantitative estimate of drug-likeness (QED) is 0.751. The molecule has 158 valence electrons. The van der Waals surface area contributed by atoms with Gasteiger partial charge in [0.15, 0.2) is 0 Å². The number of nitrogens with one attached hydrogen (secondary N) is 2. The van der Waals surface area contributed by atoms with E-state index in [9.17, 15) is 13.2 Å². The molecule has 7 nitrogen and oxygen atoms in total. The zero-order valence-corrected chi connectivity index (χ0v) is 18.3. The number of aromatic nitrogens is 1. The molecule has 0 unspecified atom stereocenters. The van der Waals surface area contributed by atoms with Gasteiger partial charge in [0.05, 0.1) is 9.92 Å². The third kappa shape index (κ3) is 4.03. The molecule has 0 aliphatic carbocycles. The maximum absolute atomic E-state index is 12.9. The molecule has 2 N–H and O–H groups in total. The molecule has 4 rings (SSSR count). The number of H-pyrrole nitrogens is 1. The smallest absolute Gasteiger partial charge is 0.241 e. The summed E-state index contributed by atoms with van der Waals surface area (Å²) in [7, 11) is -3.80. The first kappa shape index (κ1) is 20.7. The fraction of sp³-hybridized carbons (Fsp3) is 0.550. The monoisotopic (exact) mass is 438 g/mol. The Kier molecular flexibility index (Phi) is 5.63. The number of nitrogens with zero attached hydrogens (tertiary/aromatic N) is 2. The fourth-order valence-corrected chi connectivity index (χ4v) is 5.85. The summed E-state index contributed by atoms with van der Waals surface area (Å²) in [6.45, 7) is 6.92. The van der Waals surface area contributed by atoms with Crippen LogP contribution in [0.25, 0.3) is 10.9 Å². The van der Waals surface area contributed by atoms with Gasteiger partial charge in [0, 0.05) is 48.8 Å². The number of aromatic amines is 1. The van der Waals surface area contributed by atoms with Crippen LogP contribution >= 0.6 is 11.6 Å². The maximum atomic E-state index is 12.9. The molecule has 1 aromatic heterocycles. The summed E-state index contributed by atoms with van der Waals surface area (Å²) in [5, 5.41) is 1.31. The number of sulfonamides is 1. The van der Waals surface area contributed by atoms with Gasteiger partial charge in [0.2, 0.25) is 15.9 Å². The van der Waals surface area contributed by atoms with Crippen LogP contribution in [0, 0.1) is 0 Å². The summed E-state index contributed by atoms with van der Waals surface area (Å²) < 4.78 is 28.3. The summed E-state index contributed by atoms with van der Waals surface area (Å²) in [6.07, 6.45) is 4.00. The van der Waals surface area contributed by atoms with Gasteiger partial charge in [0.1, 0.15) is 6.04 Å². The number of amides is 1. The number of piperidine rings is 1. The molecule has 2 saturated heterocycles. The minimum Gasteiger partial charge on any atom is -0.360 e. The molecule has 0 bridgehead atoms. The van der Waals surface area contributed by atoms with Gasteiger partial charge in [-0.1, -0.05) is 11.6 Å². The number of hydrogen-bond acceptors (Lipinski definition) is 4. The summed E-state index contributed by atoms with van der Waals surface area (Å²) in [4.78, 5) is 20.3. The van der Waals surface area contributed by atoms with E-state index in [0.717, 1.165) is 31.3 Å². The Labute approximate surface area is 176 Å². The highest BCUT2D eigenvalue weighted by Gasteiger charge is 2.39. The van der Waals surface area contributed by atoms with Crippen molar-refractivity contribution < 1.29 is 13.2 Å². The van der Waals surface area contributed by atoms with E-state index in [4.69, 9.17) is 11.6 Å². The van der Waals surface area contributed by atoms with Crippen molar-refractivity contribution in [1.82, 2.24) is 19.5 Å². The standard InChI is InChI=1S/C20H27ClN4O3S/c1-13(2)24-8-5-14(6-9-24)25-10-7-18(20(25)26)23-29(27,28)15-3-4-16-17(21)12-22-19(16)11-15/h3-4,11-14,18,22-23H,5-10H2,1-2H3/t18-/m0/s1. The van der Waals surface area contributed by atoms with E-state index in [1.807, 2.05) is 4.90 Å². The highest BCUT2D eigenvalue weighted by molar-refractivity contribution is 7.89. The van der Waals surface area contributed by atoms with Gasteiger partial charge in [0.25, 0.3) is 0 Å². The van der Waals surface area contributed by atoms with Crippen molar-refractivity contribution in [2.75, 3.05) is 19.6 Å². The van der Waals surface area contributed by atoms with E-state index in [1.165, 1.54) is 6.07 Å². The van der Waals surface area contributed by atoms with Crippen LogP contribution in [0.5, 0.6) is 0 Å². The Balaban J connectivity index is 1.43. The molecule has 0 radical (unpaired) electrons. The summed E-state index contributed by atoms with van der Waals surface area (Å²) in [5.41, 5.74) is 0.647. The van der Waals surface area contributed by atoms with Crippen LogP contribution in [-0.2, 0) is 14.8 Å². The van der Waals surface area contributed by atoms with Gasteiger partial charge in [-0.05, 0) is 51.3 Å². The highest BCUT2D eigenvalue weighted by Crippen LogP contribution is 2.27. The molecular weight excluding hydrogens is 412 g/mol. The number of halogens is 1. The van der Waals surface area contributed by atoms with E-state index >= 15 is 0 Å². The second kappa shape index (κ2) is 7.91. The van der Waals surface area contributed by atoms with Crippen LogP contribution in [0.3, 0.4) is 0 Å². The first-order chi connectivity index (χ1) is 13.8. The summed E-state index contributed by atoms with van der Waals surface area (Å²) >= 11 is 6.06. The number of hydrogen-bond donors (Lipinski definition) is 2. The lowest BCUT2D eigenvalue weighted by atomic mass is 10.0. The number of rotatable bonds is 5. The van der Waals surface area contributed by atoms with E-state index in [-0.39, 0.29) is 16.8 Å². The highest BCUT2D eigenvalue weighted by atomic mass is 35.5. The molecule has 29 heavy (non-hydrogen) atoms. The van der Waals surface area contributed by atoms with Crippen molar-refractivity contribution in [2.24, 2.45) is 0 Å². The predicted octanol–water partition coefficient (Wildman–Crippen LogP) is 2.57. The summed E-state index contributed by atoms with van der Waals surface area (Å²) in [5.74, 6) is -0.111. The average Bonchev–Trinajstić information content (AvgIpc) is 3.24. The van der Waals surface area contributed by atoms with Crippen LogP contribution in [0.15, 0.2) is 29.3 Å². The van der Waals surface area contributed by atoms with Gasteiger partial charge in [-0.2, -0.15) is 4.72 Å². The zero-order valence-electron chi connectivity index (χ0n) is 16.7. The molecule has 1 amide bonds. The maximum Gasteiger partial charge on any atom is 0.241 e. The molecule has 2 fully saturated rings. The van der Waals surface area contributed by atoms with E-state index in [1.54, 1.807) is 18.3 Å². The number of carbonyl (C=O) groups is 1. The van der Waals surface area contributed by atoms with Crippen LogP contribution in [0.1, 0.15) is 33.1 Å². The number of likely N-dealkylation sites (tertiary alicyclic amines) is 2. The van der Waals surface area contributed by atoms with Crippen molar-refractivity contribution in [1.29, 1.82) is 0 Å². The minimum atomic E-state index is -3.80. The van der Waals surface area contributed by atoms with E-state index < -0.39 is 16.1 Å². The lowest BCUT2D eigenvalue weighted by Crippen LogP contribution is -2.49. The van der Waals surface area contributed by atoms with Crippen LogP contribution < -0.4 is 4.72 Å². The number of fused-ring (bicyclic) bond motifs is 1. The first-order valence-electron chi connectivity index (χ1n) is 10.1. The first-order valence-corrected chi connectivity index (χ1v) is 12.0. The Morgan fingerprint density at radius 1 is 1.17 bits per heavy atom. The van der Waals surface area contributed by atoms with Gasteiger partial charge >= 0.3 is 0 Å². The topological polar surface area (TPSA) is 85.5 Å². The van der Waals surface area contributed by atoms with Crippen molar-refractivity contribution in [2.45, 2.75) is 56.1 Å². The van der Waals surface area contributed by atoms with Gasteiger partial charge < -0.3 is 14.8 Å². The fourth-order valence-electron chi connectivity index (χ4n) is 4.38. The SMILES string of the molecule is CC(C)N1CCC(N2CC[C@H](NS(=O)(=O)c3ccc4c(Cl)c[nH]c4c3)C2=O)CC1. The molecule has 0 saturated carbocycles. The average molecular weight is 439 g/mol. The van der Waals surface area contributed by atoms with Crippen molar-refractivity contribution in [3.8, 4) is 0 Å². The molecule has 2 aliphatic heterocycles. The van der Waals surface area contributed by atoms with Crippen molar-refractivity contribution >= 4 is 38.4 Å². The van der Waals surface area contributed by atoms with Crippen LogP contribution in [-0.4, -0.2) is 66.9 Å². The molecule has 1 aromatic carbocycles. The molecule has 2 aromatic rings. The Bertz CT molecular complexity index is 1010. The largest absolute Gasteiger partial charge is 0.360 e. The van der Waals surface area contributed by atoms with Crippen molar-refractivity contribution in [3.63, 3.8) is 0 Å². The molecular formula is C20H27ClN4O3S. The van der Waals surface area contributed by atoms with Gasteiger partial charge in [-0.25, -0.2) is 8.42 Å². The van der Waals surface area contributed by atoms with E-state index in [0.29, 0.717) is 29.5 Å². The summed E-state index contributed by atoms with van der Waals surface area (Å²) in [6, 6.07) is 4.74. The molecule has 1 atom stereocenters. The molecule has 3 heterocycles. The molecule has 0 spiro atoms.